The van der Waals surface area contributed by atoms with Gasteiger partial charge in [0.15, 0.2) is 0 Å². The van der Waals surface area contributed by atoms with Crippen LogP contribution in [0.15, 0.2) is 11.0 Å². The van der Waals surface area contributed by atoms with Crippen molar-refractivity contribution < 1.29 is 8.42 Å². The number of sulfonamides is 1. The van der Waals surface area contributed by atoms with Gasteiger partial charge in [0.1, 0.15) is 0 Å². The molecule has 0 atom stereocenters. The monoisotopic (exact) mass is 318 g/mol. The van der Waals surface area contributed by atoms with E-state index in [1.165, 1.54) is 0 Å². The molecule has 4 nitrogen and oxygen atoms in total. The minimum Gasteiger partial charge on any atom is -0.312 e. The minimum absolute atomic E-state index is 0.436. The zero-order valence-corrected chi connectivity index (χ0v) is 14.3. The lowest BCUT2D eigenvalue weighted by Crippen LogP contribution is -2.25. The zero-order chi connectivity index (χ0) is 15.0. The van der Waals surface area contributed by atoms with Gasteiger partial charge in [0.2, 0.25) is 10.0 Å². The Morgan fingerprint density at radius 3 is 2.60 bits per heavy atom. The van der Waals surface area contributed by atoms with Gasteiger partial charge in [-0.25, -0.2) is 13.1 Å². The topological polar surface area (TPSA) is 58.2 Å². The highest BCUT2D eigenvalue weighted by atomic mass is 32.2. The van der Waals surface area contributed by atoms with Crippen LogP contribution in [0.4, 0.5) is 0 Å². The maximum Gasteiger partial charge on any atom is 0.241 e. The Kier molecular flexibility index (Phi) is 7.72. The van der Waals surface area contributed by atoms with Crippen LogP contribution in [0.25, 0.3) is 0 Å². The van der Waals surface area contributed by atoms with E-state index in [0.29, 0.717) is 11.4 Å². The quantitative estimate of drug-likeness (QED) is 0.652. The summed E-state index contributed by atoms with van der Waals surface area (Å²) in [6.45, 7) is 8.19. The van der Waals surface area contributed by atoms with Gasteiger partial charge in [0.25, 0.3) is 0 Å². The van der Waals surface area contributed by atoms with Crippen LogP contribution in [0, 0.1) is 6.92 Å². The summed E-state index contributed by atoms with van der Waals surface area (Å²) in [4.78, 5) is 2.36. The van der Waals surface area contributed by atoms with Crippen molar-refractivity contribution in [2.24, 2.45) is 0 Å². The minimum atomic E-state index is -3.35. The summed E-state index contributed by atoms with van der Waals surface area (Å²) in [5.74, 6) is 0. The van der Waals surface area contributed by atoms with Gasteiger partial charge in [-0.05, 0) is 26.0 Å². The van der Waals surface area contributed by atoms with Crippen LogP contribution in [-0.2, 0) is 16.6 Å². The SMILES string of the molecule is CCCCCCNS(=O)(=O)c1cc(CNCC)sc1C. The summed E-state index contributed by atoms with van der Waals surface area (Å²) in [7, 11) is -3.35. The number of hydrogen-bond donors (Lipinski definition) is 2. The molecule has 0 saturated heterocycles. The van der Waals surface area contributed by atoms with Crippen molar-refractivity contribution in [3.8, 4) is 0 Å². The van der Waals surface area contributed by atoms with Gasteiger partial charge in [0, 0.05) is 22.8 Å². The molecule has 0 fully saturated rings. The highest BCUT2D eigenvalue weighted by molar-refractivity contribution is 7.89. The van der Waals surface area contributed by atoms with Crippen LogP contribution in [0.1, 0.15) is 49.3 Å². The third-order valence-corrected chi connectivity index (χ3v) is 5.85. The predicted octanol–water partition coefficient (Wildman–Crippen LogP) is 3.02. The molecule has 0 unspecified atom stereocenters. The summed E-state index contributed by atoms with van der Waals surface area (Å²) in [5.41, 5.74) is 0. The average molecular weight is 319 g/mol. The number of thiophene rings is 1. The van der Waals surface area contributed by atoms with E-state index < -0.39 is 10.0 Å². The van der Waals surface area contributed by atoms with Crippen LogP contribution in [0.5, 0.6) is 0 Å². The van der Waals surface area contributed by atoms with Crippen molar-refractivity contribution in [2.45, 2.75) is 57.9 Å². The molecule has 1 heterocycles. The number of rotatable bonds is 10. The predicted molar refractivity (Wildman–Crippen MR) is 85.8 cm³/mol. The number of nitrogens with one attached hydrogen (secondary N) is 2. The van der Waals surface area contributed by atoms with Gasteiger partial charge < -0.3 is 5.32 Å². The van der Waals surface area contributed by atoms with Crippen molar-refractivity contribution in [1.29, 1.82) is 0 Å². The second-order valence-corrected chi connectivity index (χ2v) is 7.95. The summed E-state index contributed by atoms with van der Waals surface area (Å²) >= 11 is 1.55. The van der Waals surface area contributed by atoms with Gasteiger partial charge in [-0.2, -0.15) is 0 Å². The third kappa shape index (κ3) is 5.52. The van der Waals surface area contributed by atoms with Crippen LogP contribution < -0.4 is 10.0 Å². The summed E-state index contributed by atoms with van der Waals surface area (Å²) in [5, 5.41) is 3.22. The summed E-state index contributed by atoms with van der Waals surface area (Å²) in [6.07, 6.45) is 4.30. The van der Waals surface area contributed by atoms with Crippen molar-refractivity contribution in [2.75, 3.05) is 13.1 Å². The van der Waals surface area contributed by atoms with E-state index in [0.717, 1.165) is 48.5 Å². The van der Waals surface area contributed by atoms with Gasteiger partial charge in [-0.3, -0.25) is 0 Å². The largest absolute Gasteiger partial charge is 0.312 e. The first-order valence-corrected chi connectivity index (χ1v) is 9.61. The lowest BCUT2D eigenvalue weighted by molar-refractivity contribution is 0.573. The molecular weight excluding hydrogens is 292 g/mol. The highest BCUT2D eigenvalue weighted by Gasteiger charge is 2.19. The Bertz CT molecular complexity index is 495. The molecule has 116 valence electrons. The first-order chi connectivity index (χ1) is 9.51. The molecule has 1 aromatic rings. The number of aryl methyl sites for hydroxylation is 1. The van der Waals surface area contributed by atoms with E-state index in [-0.39, 0.29) is 0 Å². The van der Waals surface area contributed by atoms with Crippen LogP contribution in [-0.4, -0.2) is 21.5 Å². The lowest BCUT2D eigenvalue weighted by atomic mass is 10.2. The molecule has 1 aromatic heterocycles. The molecule has 20 heavy (non-hydrogen) atoms. The Hall–Kier alpha value is -0.430. The lowest BCUT2D eigenvalue weighted by Gasteiger charge is -2.05. The fourth-order valence-corrected chi connectivity index (χ4v) is 4.64. The molecule has 0 aromatic carbocycles. The third-order valence-electron chi connectivity index (χ3n) is 3.08. The molecule has 0 bridgehead atoms. The van der Waals surface area contributed by atoms with Gasteiger partial charge >= 0.3 is 0 Å². The molecule has 0 saturated carbocycles. The Morgan fingerprint density at radius 1 is 1.20 bits per heavy atom. The molecule has 6 heteroatoms. The Morgan fingerprint density at radius 2 is 1.95 bits per heavy atom. The van der Waals surface area contributed by atoms with Crippen LogP contribution in [0.3, 0.4) is 0 Å². The first-order valence-electron chi connectivity index (χ1n) is 7.31. The van der Waals surface area contributed by atoms with Crippen LogP contribution in [0.2, 0.25) is 0 Å². The normalized spacial score (nSPS) is 11.9. The van der Waals surface area contributed by atoms with E-state index in [4.69, 9.17) is 0 Å². The molecule has 0 aliphatic rings. The van der Waals surface area contributed by atoms with Gasteiger partial charge in [-0.15, -0.1) is 11.3 Å². The van der Waals surface area contributed by atoms with E-state index in [9.17, 15) is 8.42 Å². The molecule has 1 rings (SSSR count). The van der Waals surface area contributed by atoms with E-state index >= 15 is 0 Å². The van der Waals surface area contributed by atoms with Crippen molar-refractivity contribution in [3.63, 3.8) is 0 Å². The maximum atomic E-state index is 12.2. The molecule has 0 spiro atoms. The van der Waals surface area contributed by atoms with Crippen molar-refractivity contribution in [3.05, 3.63) is 15.8 Å². The molecule has 0 aliphatic heterocycles. The Labute approximate surface area is 127 Å². The van der Waals surface area contributed by atoms with Crippen molar-refractivity contribution >= 4 is 21.4 Å². The van der Waals surface area contributed by atoms with Crippen molar-refractivity contribution in [1.82, 2.24) is 10.0 Å². The molecule has 0 radical (unpaired) electrons. The second kappa shape index (κ2) is 8.77. The highest BCUT2D eigenvalue weighted by Crippen LogP contribution is 2.25. The average Bonchev–Trinajstić information content (AvgIpc) is 2.78. The van der Waals surface area contributed by atoms with Gasteiger partial charge in [-0.1, -0.05) is 33.1 Å². The molecule has 0 amide bonds. The fourth-order valence-electron chi connectivity index (χ4n) is 1.96. The standard InChI is InChI=1S/C14H26N2O2S2/c1-4-6-7-8-9-16-20(17,18)14-10-13(11-15-5-2)19-12(14)3/h10,15-16H,4-9,11H2,1-3H3. The summed E-state index contributed by atoms with van der Waals surface area (Å²) < 4.78 is 27.2. The second-order valence-electron chi connectivity index (χ2n) is 4.87. The molecule has 0 aliphatic carbocycles. The summed E-state index contributed by atoms with van der Waals surface area (Å²) in [6, 6.07) is 1.79. The molecule has 2 N–H and O–H groups in total. The van der Waals surface area contributed by atoms with E-state index in [1.54, 1.807) is 17.4 Å². The zero-order valence-electron chi connectivity index (χ0n) is 12.7. The smallest absolute Gasteiger partial charge is 0.241 e. The van der Waals surface area contributed by atoms with Gasteiger partial charge in [0.05, 0.1) is 4.90 Å². The van der Waals surface area contributed by atoms with E-state index in [1.807, 2.05) is 13.8 Å². The van der Waals surface area contributed by atoms with E-state index in [2.05, 4.69) is 17.0 Å². The number of hydrogen-bond acceptors (Lipinski definition) is 4. The number of unbranched alkanes of at least 4 members (excludes halogenated alkanes) is 3. The molecular formula is C14H26N2O2S2. The maximum absolute atomic E-state index is 12.2. The first kappa shape index (κ1) is 17.6. The fraction of sp³-hybridized carbons (Fsp3) is 0.714. The Balaban J connectivity index is 2.60. The van der Waals surface area contributed by atoms with Crippen LogP contribution >= 0.6 is 11.3 Å².